The second-order valence-corrected chi connectivity index (χ2v) is 19.3. The highest BCUT2D eigenvalue weighted by Gasteiger charge is 2.55. The molecular weight excluding hydrogens is 930 g/mol. The maximum Gasteiger partial charge on any atom is 0.278 e. The van der Waals surface area contributed by atoms with Gasteiger partial charge >= 0.3 is 0 Å². The van der Waals surface area contributed by atoms with Crippen LogP contribution in [-0.2, 0) is 9.53 Å². The van der Waals surface area contributed by atoms with Crippen LogP contribution in [0.4, 0.5) is 13.2 Å². The molecule has 7 aliphatic rings. The van der Waals surface area contributed by atoms with Gasteiger partial charge in [-0.1, -0.05) is 72.8 Å². The van der Waals surface area contributed by atoms with Crippen molar-refractivity contribution in [2.45, 2.75) is 61.2 Å². The average molecular weight is 979 g/mol. The summed E-state index contributed by atoms with van der Waals surface area (Å²) in [6.45, 7) is -0.308. The van der Waals surface area contributed by atoms with Crippen LogP contribution in [0.1, 0.15) is 88.4 Å². The monoisotopic (exact) mass is 978 g/mol. The lowest BCUT2D eigenvalue weighted by Crippen LogP contribution is -2.66. The topological polar surface area (TPSA) is 140 Å². The molecule has 2 N–H and O–H groups in total. The van der Waals surface area contributed by atoms with Crippen LogP contribution in [0, 0.1) is 17.5 Å². The molecule has 2 saturated carbocycles. The molecule has 4 aromatic carbocycles. The Bertz CT molecular complexity index is 3210. The molecule has 1 saturated heterocycles. The van der Waals surface area contributed by atoms with Crippen molar-refractivity contribution in [1.29, 1.82) is 0 Å². The van der Waals surface area contributed by atoms with Gasteiger partial charge in [0.2, 0.25) is 11.2 Å². The molecule has 2 aliphatic carbocycles. The summed E-state index contributed by atoms with van der Waals surface area (Å²) in [6, 6.07) is 23.7. The molecule has 72 heavy (non-hydrogen) atoms. The molecule has 1 aromatic heterocycles. The lowest BCUT2D eigenvalue weighted by Gasteiger charge is -2.57. The van der Waals surface area contributed by atoms with E-state index in [1.807, 2.05) is 59.6 Å². The highest BCUT2D eigenvalue weighted by molar-refractivity contribution is 5.97. The Balaban J connectivity index is 0.989. The second kappa shape index (κ2) is 17.5. The van der Waals surface area contributed by atoms with Gasteiger partial charge in [0.15, 0.2) is 40.3 Å². The Morgan fingerprint density at radius 1 is 0.639 bits per heavy atom. The number of aliphatic hydroxyl groups excluding tert-OH is 1. The van der Waals surface area contributed by atoms with Gasteiger partial charge in [-0.15, -0.1) is 0 Å². The summed E-state index contributed by atoms with van der Waals surface area (Å²) in [5.41, 5.74) is -0.234. The predicted molar refractivity (Wildman–Crippen MR) is 257 cm³/mol. The number of ether oxygens (including phenoxy) is 3. The molecule has 6 heterocycles. The first-order valence-electron chi connectivity index (χ1n) is 24.1. The van der Waals surface area contributed by atoms with E-state index in [4.69, 9.17) is 14.2 Å². The van der Waals surface area contributed by atoms with Crippen molar-refractivity contribution in [2.24, 2.45) is 0 Å². The zero-order valence-corrected chi connectivity index (χ0v) is 38.9. The molecule has 17 heteroatoms. The lowest BCUT2D eigenvalue weighted by molar-refractivity contribution is -0.163. The third-order valence-corrected chi connectivity index (χ3v) is 15.3. The first kappa shape index (κ1) is 45.4. The Kier molecular flexibility index (Phi) is 11.0. The van der Waals surface area contributed by atoms with Crippen molar-refractivity contribution in [3.05, 3.63) is 206 Å². The lowest BCUT2D eigenvalue weighted by atomic mass is 9.64. The second-order valence-electron chi connectivity index (χ2n) is 19.3. The zero-order valence-electron chi connectivity index (χ0n) is 38.9. The summed E-state index contributed by atoms with van der Waals surface area (Å²) in [7, 11) is 0. The number of rotatable bonds is 3. The van der Waals surface area contributed by atoms with Crippen molar-refractivity contribution in [3.8, 4) is 17.2 Å². The van der Waals surface area contributed by atoms with Gasteiger partial charge in [0.05, 0.1) is 30.4 Å². The van der Waals surface area contributed by atoms with Crippen molar-refractivity contribution in [1.82, 2.24) is 24.5 Å². The number of amides is 2. The van der Waals surface area contributed by atoms with Crippen LogP contribution < -0.4 is 19.9 Å². The molecule has 1 unspecified atom stereocenters. The largest absolute Gasteiger partial charge is 0.507 e. The van der Waals surface area contributed by atoms with Crippen LogP contribution in [0.2, 0.25) is 0 Å². The summed E-state index contributed by atoms with van der Waals surface area (Å²) in [5.74, 6) is -5.69. The highest BCUT2D eigenvalue weighted by Crippen LogP contribution is 2.54. The number of carbonyl (C=O) groups excluding carboxylic acids is 2. The molecule has 5 aromatic rings. The fourth-order valence-electron chi connectivity index (χ4n) is 11.7. The van der Waals surface area contributed by atoms with Crippen molar-refractivity contribution in [3.63, 3.8) is 0 Å². The van der Waals surface area contributed by atoms with Crippen LogP contribution in [0.25, 0.3) is 0 Å². The van der Waals surface area contributed by atoms with Gasteiger partial charge in [-0.05, 0) is 97.2 Å². The number of hydrogen-bond acceptors (Lipinski definition) is 11. The first-order valence-corrected chi connectivity index (χ1v) is 24.1. The fourth-order valence-corrected chi connectivity index (χ4v) is 11.7. The van der Waals surface area contributed by atoms with Crippen molar-refractivity contribution in [2.75, 3.05) is 44.8 Å². The predicted octanol–water partition coefficient (Wildman–Crippen LogP) is 7.97. The SMILES string of the molecule is O=C1/C2=C(\O)COC/C=C\N2N2CN1C1(/C=C/COc3c(F)cc(C4CC5(/C=C/COc6c(ccc(F)c6F)[C@@H](c6ccccc6)N6CN5C(=O)c5c(O)c(=O)ccn56)C4)cc3[C@@H]2c2ccccc2)CCC1. The number of aromatic nitrogens is 1. The van der Waals surface area contributed by atoms with Gasteiger partial charge < -0.3 is 34.2 Å². The third-order valence-electron chi connectivity index (χ3n) is 15.3. The normalized spacial score (nSPS) is 27.7. The van der Waals surface area contributed by atoms with Crippen LogP contribution in [0.5, 0.6) is 17.2 Å². The van der Waals surface area contributed by atoms with E-state index in [0.717, 1.165) is 24.1 Å². The van der Waals surface area contributed by atoms with E-state index in [1.54, 1.807) is 68.5 Å². The molecule has 3 atom stereocenters. The highest BCUT2D eigenvalue weighted by atomic mass is 19.2. The average Bonchev–Trinajstić information content (AvgIpc) is 3.39. The number of benzene rings is 4. The standard InChI is InChI=1S/C55H49F3N6O8/c56-40-16-15-38-45(34-11-3-1-4-12-34)63-33-60(53(69)48-49(67)42(65)17-23-62(48)63)55(21-9-26-72-51(38)44(40)58)29-37(30-55)36-27-39-46(35-13-5-2-6-14-35)64-32-59(52(68)47-43(66)31-70-24-10-22-61(47)64)54(18-7-19-54)20-8-25-71-50(39)41(57)28-36/h1-6,8-17,20-23,27-28,37,45-46,66-67H,7,18-19,24-26,29-33H2/b20-8+,21-9+,22-10-,47-43+/t37?,45-,46+,55?/m1/s1. The number of hydrazine groups is 1. The molecule has 5 aliphatic heterocycles. The van der Waals surface area contributed by atoms with Gasteiger partial charge in [-0.3, -0.25) is 29.1 Å². The zero-order chi connectivity index (χ0) is 49.5. The molecule has 14 nitrogen and oxygen atoms in total. The molecule has 0 radical (unpaired) electrons. The number of pyridine rings is 1. The van der Waals surface area contributed by atoms with Crippen LogP contribution in [0.15, 0.2) is 150 Å². The molecule has 4 bridgehead atoms. The van der Waals surface area contributed by atoms with Crippen LogP contribution in [0.3, 0.4) is 0 Å². The molecule has 2 spiro atoms. The van der Waals surface area contributed by atoms with E-state index in [-0.39, 0.29) is 92.7 Å². The molecule has 2 amide bonds. The van der Waals surface area contributed by atoms with E-state index < -0.39 is 63.6 Å². The number of fused-ring (bicyclic) bond motifs is 12. The van der Waals surface area contributed by atoms with Crippen LogP contribution in [-0.4, -0.2) is 97.4 Å². The molecule has 3 fully saturated rings. The fraction of sp³-hybridized carbons (Fsp3) is 0.291. The smallest absolute Gasteiger partial charge is 0.278 e. The molecule has 12 rings (SSSR count). The Morgan fingerprint density at radius 2 is 1.29 bits per heavy atom. The maximum atomic E-state index is 17.4. The first-order chi connectivity index (χ1) is 35.0. The van der Waals surface area contributed by atoms with E-state index in [1.165, 1.54) is 23.0 Å². The van der Waals surface area contributed by atoms with Gasteiger partial charge in [0.25, 0.3) is 11.8 Å². The van der Waals surface area contributed by atoms with Gasteiger partial charge in [-0.25, -0.2) is 8.78 Å². The third kappa shape index (κ3) is 7.19. The number of aliphatic hydroxyl groups is 1. The Hall–Kier alpha value is -7.76. The Labute approximate surface area is 411 Å². The summed E-state index contributed by atoms with van der Waals surface area (Å²) in [5, 5.41) is 28.4. The summed E-state index contributed by atoms with van der Waals surface area (Å²) in [6.07, 6.45) is 14.7. The quantitative estimate of drug-likeness (QED) is 0.170. The van der Waals surface area contributed by atoms with Gasteiger partial charge in [0, 0.05) is 29.6 Å². The minimum atomic E-state index is -1.20. The number of halogens is 3. The van der Waals surface area contributed by atoms with Gasteiger partial charge in [-0.2, -0.15) is 9.40 Å². The Morgan fingerprint density at radius 3 is 1.99 bits per heavy atom. The van der Waals surface area contributed by atoms with E-state index >= 15 is 18.0 Å². The number of carbonyl (C=O) groups is 2. The van der Waals surface area contributed by atoms with Gasteiger partial charge in [0.1, 0.15) is 38.3 Å². The summed E-state index contributed by atoms with van der Waals surface area (Å²) < 4.78 is 68.0. The minimum absolute atomic E-state index is 0.00866. The van der Waals surface area contributed by atoms with E-state index in [0.29, 0.717) is 29.5 Å². The summed E-state index contributed by atoms with van der Waals surface area (Å²) in [4.78, 5) is 46.2. The number of aromatic hydroxyl groups is 1. The number of hydrogen-bond donors (Lipinski definition) is 2. The minimum Gasteiger partial charge on any atom is -0.507 e. The summed E-state index contributed by atoms with van der Waals surface area (Å²) >= 11 is 0. The van der Waals surface area contributed by atoms with E-state index in [9.17, 15) is 19.8 Å². The van der Waals surface area contributed by atoms with Crippen molar-refractivity contribution < 1.29 is 47.2 Å². The van der Waals surface area contributed by atoms with E-state index in [2.05, 4.69) is 0 Å². The molecular formula is C55H49F3N6O8. The maximum absolute atomic E-state index is 17.4. The van der Waals surface area contributed by atoms with Crippen LogP contribution >= 0.6 is 0 Å². The molecule has 368 valence electrons. The number of nitrogens with zero attached hydrogens (tertiary/aromatic N) is 6. The van der Waals surface area contributed by atoms with Crippen molar-refractivity contribution >= 4 is 11.8 Å².